The molecule has 1 atom stereocenters. The largest absolute Gasteiger partial charge is 0.339 e. The molecule has 0 bridgehead atoms. The molecule has 0 radical (unpaired) electrons. The quantitative estimate of drug-likeness (QED) is 0.814. The lowest BCUT2D eigenvalue weighted by Gasteiger charge is -2.33. The van der Waals surface area contributed by atoms with Crippen molar-refractivity contribution in [3.8, 4) is 0 Å². The minimum Gasteiger partial charge on any atom is -0.339 e. The molecule has 0 aromatic carbocycles. The average Bonchev–Trinajstić information content (AvgIpc) is 2.77. The zero-order valence-electron chi connectivity index (χ0n) is 11.6. The fourth-order valence-electron chi connectivity index (χ4n) is 2.58. The van der Waals surface area contributed by atoms with Gasteiger partial charge >= 0.3 is 0 Å². The fourth-order valence-corrected chi connectivity index (χ4v) is 3.85. The monoisotopic (exact) mass is 271 g/mol. The van der Waals surface area contributed by atoms with Crippen molar-refractivity contribution in [3.05, 3.63) is 0 Å². The summed E-state index contributed by atoms with van der Waals surface area (Å²) < 4.78 is 0.350. The van der Waals surface area contributed by atoms with Gasteiger partial charge in [-0.3, -0.25) is 4.79 Å². The first-order chi connectivity index (χ1) is 8.59. The Hall–Kier alpha value is -0.260. The molecule has 0 saturated carbocycles. The molecule has 2 aliphatic rings. The lowest BCUT2D eigenvalue weighted by atomic mass is 10.1. The topological polar surface area (TPSA) is 35.6 Å². The molecule has 104 valence electrons. The third-order valence-electron chi connectivity index (χ3n) is 3.93. The lowest BCUT2D eigenvalue weighted by Crippen LogP contribution is -2.50. The molecule has 2 saturated heterocycles. The van der Waals surface area contributed by atoms with Gasteiger partial charge in [0.1, 0.15) is 0 Å². The highest BCUT2D eigenvalue weighted by Gasteiger charge is 2.29. The normalized spacial score (nSPS) is 29.8. The van der Waals surface area contributed by atoms with Gasteiger partial charge in [-0.1, -0.05) is 0 Å². The van der Waals surface area contributed by atoms with E-state index in [0.29, 0.717) is 11.3 Å². The molecule has 1 amide bonds. The van der Waals surface area contributed by atoms with Crippen LogP contribution in [0.1, 0.15) is 19.8 Å². The number of likely N-dealkylation sites (N-methyl/N-ethyl adjacent to an activating group) is 1. The van der Waals surface area contributed by atoms with Gasteiger partial charge in [0.05, 0.1) is 6.54 Å². The van der Waals surface area contributed by atoms with Crippen molar-refractivity contribution in [2.75, 3.05) is 52.1 Å². The molecular weight excluding hydrogens is 246 g/mol. The Bertz CT molecular complexity index is 284. The first-order valence-electron chi connectivity index (χ1n) is 6.90. The van der Waals surface area contributed by atoms with Gasteiger partial charge in [0.15, 0.2) is 0 Å². The molecule has 2 rings (SSSR count). The third kappa shape index (κ3) is 3.87. The summed E-state index contributed by atoms with van der Waals surface area (Å²) in [6.07, 6.45) is 2.59. The molecule has 0 aliphatic carbocycles. The zero-order valence-corrected chi connectivity index (χ0v) is 12.4. The highest BCUT2D eigenvalue weighted by Crippen LogP contribution is 2.36. The summed E-state index contributed by atoms with van der Waals surface area (Å²) >= 11 is 2.04. The highest BCUT2D eigenvalue weighted by atomic mass is 32.2. The van der Waals surface area contributed by atoms with Crippen LogP contribution in [-0.4, -0.2) is 72.5 Å². The van der Waals surface area contributed by atoms with Crippen LogP contribution in [0.15, 0.2) is 0 Å². The lowest BCUT2D eigenvalue weighted by molar-refractivity contribution is -0.131. The van der Waals surface area contributed by atoms with Crippen LogP contribution in [0.5, 0.6) is 0 Å². The van der Waals surface area contributed by atoms with Crippen molar-refractivity contribution in [3.63, 3.8) is 0 Å². The maximum Gasteiger partial charge on any atom is 0.236 e. The fraction of sp³-hybridized carbons (Fsp3) is 0.923. The van der Waals surface area contributed by atoms with Crippen LogP contribution < -0.4 is 5.32 Å². The van der Waals surface area contributed by atoms with Crippen LogP contribution in [0.4, 0.5) is 0 Å². The predicted octanol–water partition coefficient (Wildman–Crippen LogP) is 0.636. The SMILES string of the molecule is CN1CCN(C(=O)CNCC2(C)CCCS2)CC1. The first-order valence-corrected chi connectivity index (χ1v) is 7.89. The van der Waals surface area contributed by atoms with Crippen LogP contribution >= 0.6 is 11.8 Å². The molecule has 1 unspecified atom stereocenters. The van der Waals surface area contributed by atoms with Gasteiger partial charge in [0.25, 0.3) is 0 Å². The van der Waals surface area contributed by atoms with E-state index >= 15 is 0 Å². The number of hydrogen-bond donors (Lipinski definition) is 1. The minimum absolute atomic E-state index is 0.259. The van der Waals surface area contributed by atoms with Crippen molar-refractivity contribution >= 4 is 17.7 Å². The molecule has 0 spiro atoms. The molecule has 2 heterocycles. The van der Waals surface area contributed by atoms with Crippen LogP contribution in [0.25, 0.3) is 0 Å². The Balaban J connectivity index is 1.65. The van der Waals surface area contributed by atoms with E-state index in [2.05, 4.69) is 24.2 Å². The smallest absolute Gasteiger partial charge is 0.236 e. The van der Waals surface area contributed by atoms with Gasteiger partial charge in [0, 0.05) is 37.5 Å². The molecule has 0 aromatic rings. The number of hydrogen-bond acceptors (Lipinski definition) is 4. The molecule has 2 aliphatic heterocycles. The number of nitrogens with one attached hydrogen (secondary N) is 1. The summed E-state index contributed by atoms with van der Waals surface area (Å²) in [5.74, 6) is 1.53. The third-order valence-corrected chi connectivity index (χ3v) is 5.47. The van der Waals surface area contributed by atoms with E-state index in [1.165, 1.54) is 18.6 Å². The van der Waals surface area contributed by atoms with Crippen molar-refractivity contribution in [2.45, 2.75) is 24.5 Å². The van der Waals surface area contributed by atoms with Crippen molar-refractivity contribution in [1.29, 1.82) is 0 Å². The van der Waals surface area contributed by atoms with Crippen LogP contribution in [0.2, 0.25) is 0 Å². The first kappa shape index (κ1) is 14.2. The maximum absolute atomic E-state index is 12.0. The van der Waals surface area contributed by atoms with Crippen LogP contribution in [0, 0.1) is 0 Å². The van der Waals surface area contributed by atoms with Crippen LogP contribution in [0.3, 0.4) is 0 Å². The summed E-state index contributed by atoms with van der Waals surface area (Å²) in [5, 5.41) is 3.35. The Kier molecular flexibility index (Phi) is 4.92. The van der Waals surface area contributed by atoms with Crippen molar-refractivity contribution < 1.29 is 4.79 Å². The number of thioether (sulfide) groups is 1. The number of piperazine rings is 1. The van der Waals surface area contributed by atoms with E-state index in [-0.39, 0.29) is 5.91 Å². The number of nitrogens with zero attached hydrogens (tertiary/aromatic N) is 2. The maximum atomic E-state index is 12.0. The molecule has 1 N–H and O–H groups in total. The Morgan fingerprint density at radius 1 is 1.33 bits per heavy atom. The van der Waals surface area contributed by atoms with E-state index < -0.39 is 0 Å². The van der Waals surface area contributed by atoms with E-state index in [1.807, 2.05) is 16.7 Å². The summed E-state index contributed by atoms with van der Waals surface area (Å²) in [6, 6.07) is 0. The predicted molar refractivity (Wildman–Crippen MR) is 77.0 cm³/mol. The second-order valence-corrected chi connectivity index (χ2v) is 7.37. The molecule has 5 heteroatoms. The Morgan fingerprint density at radius 2 is 2.06 bits per heavy atom. The minimum atomic E-state index is 0.259. The molecular formula is C13H25N3OS. The van der Waals surface area contributed by atoms with E-state index in [0.717, 1.165) is 32.7 Å². The van der Waals surface area contributed by atoms with Gasteiger partial charge in [-0.25, -0.2) is 0 Å². The van der Waals surface area contributed by atoms with E-state index in [1.54, 1.807) is 0 Å². The number of carbonyl (C=O) groups is 1. The molecule has 2 fully saturated rings. The van der Waals surface area contributed by atoms with Gasteiger partial charge in [-0.2, -0.15) is 11.8 Å². The average molecular weight is 271 g/mol. The molecule has 0 aromatic heterocycles. The van der Waals surface area contributed by atoms with Gasteiger partial charge in [0.2, 0.25) is 5.91 Å². The van der Waals surface area contributed by atoms with E-state index in [4.69, 9.17) is 0 Å². The molecule has 4 nitrogen and oxygen atoms in total. The number of rotatable bonds is 4. The standard InChI is InChI=1S/C13H25N3OS/c1-13(4-3-9-18-13)11-14-10-12(17)16-7-5-15(2)6-8-16/h14H,3-11H2,1-2H3. The summed E-state index contributed by atoms with van der Waals surface area (Å²) in [7, 11) is 2.11. The van der Waals surface area contributed by atoms with Crippen molar-refractivity contribution in [2.24, 2.45) is 0 Å². The van der Waals surface area contributed by atoms with Gasteiger partial charge in [-0.05, 0) is 32.6 Å². The number of carbonyl (C=O) groups excluding carboxylic acids is 1. The second-order valence-electron chi connectivity index (χ2n) is 5.69. The zero-order chi connectivity index (χ0) is 13.0. The van der Waals surface area contributed by atoms with Gasteiger partial charge in [-0.15, -0.1) is 0 Å². The number of amides is 1. The highest BCUT2D eigenvalue weighted by molar-refractivity contribution is 8.00. The summed E-state index contributed by atoms with van der Waals surface area (Å²) in [5.41, 5.74) is 0. The van der Waals surface area contributed by atoms with E-state index in [9.17, 15) is 4.79 Å². The van der Waals surface area contributed by atoms with Crippen LogP contribution in [-0.2, 0) is 4.79 Å². The van der Waals surface area contributed by atoms with Gasteiger partial charge < -0.3 is 15.1 Å². The summed E-state index contributed by atoms with van der Waals surface area (Å²) in [6.45, 7) is 7.51. The molecule has 18 heavy (non-hydrogen) atoms. The summed E-state index contributed by atoms with van der Waals surface area (Å²) in [4.78, 5) is 16.3. The van der Waals surface area contributed by atoms with Crippen molar-refractivity contribution in [1.82, 2.24) is 15.1 Å². The second kappa shape index (κ2) is 6.26. The Labute approximate surface area is 114 Å². The Morgan fingerprint density at radius 3 is 2.67 bits per heavy atom.